The first-order valence-electron chi connectivity index (χ1n) is 35.0. The second-order valence-corrected chi connectivity index (χ2v) is 32.2. The third-order valence-corrected chi connectivity index (χ3v) is 26.5. The van der Waals surface area contributed by atoms with Crippen LogP contribution >= 0.6 is 0 Å². The van der Waals surface area contributed by atoms with Crippen LogP contribution in [0.4, 0.5) is 0 Å². The maximum absolute atomic E-state index is 12.9. The number of ether oxygens (including phenoxy) is 14. The normalized spacial score (nSPS) is 56.3. The van der Waals surface area contributed by atoms with Crippen molar-refractivity contribution in [3.63, 3.8) is 0 Å². The molecule has 2 bridgehead atoms. The molecule has 0 unspecified atom stereocenters. The third-order valence-electron chi connectivity index (χ3n) is 26.5. The molecule has 12 rings (SSSR count). The van der Waals surface area contributed by atoms with Gasteiger partial charge in [-0.3, -0.25) is 4.79 Å². The van der Waals surface area contributed by atoms with Gasteiger partial charge in [0.25, 0.3) is 0 Å². The molecular weight excluding hydrogens is 1300 g/mol. The highest BCUT2D eigenvalue weighted by Gasteiger charge is 2.80. The quantitative estimate of drug-likeness (QED) is 0.0480. The molecule has 39 atom stereocenters. The zero-order valence-corrected chi connectivity index (χ0v) is 56.8. The minimum absolute atomic E-state index is 0.0317. The molecule has 0 radical (unpaired) electrons. The average Bonchev–Trinajstić information content (AvgIpc) is 1.29. The molecule has 5 aliphatic carbocycles. The number of aliphatic hydroxyl groups excluding tert-OH is 17. The van der Waals surface area contributed by atoms with Crippen LogP contribution in [0.2, 0.25) is 0 Å². The number of fused-ring (bicyclic) bond motifs is 4. The molecule has 0 amide bonds. The molecule has 0 aromatic heterocycles. The summed E-state index contributed by atoms with van der Waals surface area (Å²) in [6.07, 6.45) is -44.8. The van der Waals surface area contributed by atoms with Gasteiger partial charge in [-0.2, -0.15) is 0 Å². The molecule has 0 aromatic rings. The molecule has 32 heteroatoms. The van der Waals surface area contributed by atoms with E-state index in [1.165, 1.54) is 13.8 Å². The molecule has 98 heavy (non-hydrogen) atoms. The summed E-state index contributed by atoms with van der Waals surface area (Å²) in [4.78, 5) is 12.1. The van der Waals surface area contributed by atoms with Crippen molar-refractivity contribution in [2.75, 3.05) is 46.2 Å². The van der Waals surface area contributed by atoms with Crippen LogP contribution in [0.5, 0.6) is 0 Å². The average molecular weight is 1410 g/mol. The van der Waals surface area contributed by atoms with Gasteiger partial charge in [-0.15, -0.1) is 0 Å². The van der Waals surface area contributed by atoms with E-state index < -0.39 is 239 Å². The zero-order chi connectivity index (χ0) is 71.1. The first-order chi connectivity index (χ1) is 46.1. The number of carbonyl (C=O) groups is 1. The number of carbonyl (C=O) groups excluding carboxylic acids is 1. The molecule has 7 aliphatic heterocycles. The lowest BCUT2D eigenvalue weighted by atomic mass is 9.30. The van der Waals surface area contributed by atoms with Gasteiger partial charge >= 0.3 is 5.97 Å². The topological polar surface area (TPSA) is 490 Å². The highest BCUT2D eigenvalue weighted by Crippen LogP contribution is 2.81. The number of aliphatic hydroxyl groups is 17. The lowest BCUT2D eigenvalue weighted by Crippen LogP contribution is -2.74. The van der Waals surface area contributed by atoms with Gasteiger partial charge in [-0.1, -0.05) is 41.5 Å². The molecule has 564 valence electrons. The highest BCUT2D eigenvalue weighted by atomic mass is 16.8. The van der Waals surface area contributed by atoms with Crippen molar-refractivity contribution in [3.05, 3.63) is 0 Å². The summed E-state index contributed by atoms with van der Waals surface area (Å²) < 4.78 is 86.9. The summed E-state index contributed by atoms with van der Waals surface area (Å²) in [5.74, 6) is -0.0580. The third kappa shape index (κ3) is 12.5. The van der Waals surface area contributed by atoms with Gasteiger partial charge in [0, 0.05) is 23.2 Å². The molecule has 7 saturated heterocycles. The van der Waals surface area contributed by atoms with Gasteiger partial charge < -0.3 is 153 Å². The second-order valence-electron chi connectivity index (χ2n) is 32.2. The van der Waals surface area contributed by atoms with Crippen molar-refractivity contribution in [2.45, 2.75) is 309 Å². The Morgan fingerprint density at radius 3 is 1.64 bits per heavy atom. The Morgan fingerprint density at radius 2 is 1.02 bits per heavy atom. The molecule has 5 saturated carbocycles. The van der Waals surface area contributed by atoms with Crippen molar-refractivity contribution in [3.8, 4) is 0 Å². The van der Waals surface area contributed by atoms with Gasteiger partial charge in [0.05, 0.1) is 70.2 Å². The Balaban J connectivity index is 0.818. The molecule has 0 aromatic carbocycles. The van der Waals surface area contributed by atoms with Crippen LogP contribution in [-0.2, 0) is 71.1 Å². The van der Waals surface area contributed by atoms with Crippen LogP contribution in [0.15, 0.2) is 0 Å². The summed E-state index contributed by atoms with van der Waals surface area (Å²) in [6, 6.07) is 0. The molecule has 32 nitrogen and oxygen atoms in total. The first kappa shape index (κ1) is 75.9. The highest BCUT2D eigenvalue weighted by molar-refractivity contribution is 5.65. The van der Waals surface area contributed by atoms with Gasteiger partial charge in [-0.05, 0) is 105 Å². The lowest BCUT2D eigenvalue weighted by Gasteiger charge is -2.75. The van der Waals surface area contributed by atoms with E-state index in [4.69, 9.17) is 66.3 Å². The van der Waals surface area contributed by atoms with Gasteiger partial charge in [0.1, 0.15) is 128 Å². The van der Waals surface area contributed by atoms with Crippen molar-refractivity contribution in [1.82, 2.24) is 0 Å². The van der Waals surface area contributed by atoms with Crippen LogP contribution in [0, 0.1) is 50.2 Å². The van der Waals surface area contributed by atoms with Crippen LogP contribution in [-0.4, -0.2) is 329 Å². The Hall–Kier alpha value is -1.73. The molecule has 17 N–H and O–H groups in total. The minimum atomic E-state index is -2.12. The Labute approximate surface area is 568 Å². The number of rotatable bonds is 17. The second kappa shape index (κ2) is 28.2. The SMILES string of the molecule is CC(=O)OC[C@@]1(C)CC[C@]23CO[C@@]4(CC[C@@H]5[C@@]6(C)CC[C@H](O[C@@H]7OC[C@H](O[C@@H]8O[C@H](CO)[C@@H](O)[C@H](O[C@@H]9O[C@@H](C)[C@H](O)[C@@H](O)[C@H]9O)[C@H]8O[C@@H]8OC[C@@H](O)[C@H](O[C@@H]9O[C@H](CO)[C@@H](O)[C@H](O)[C@H]9O)[C@H]8O)[C@H](O)[C@H]7O[C@@H]7O[C@H](CO)[C@@H](O)[C@H](O)[C@H]7O)C(C)(C)[C@@H]6CC[C@@]5(C)[C@]4(C)C[C@H]2O)[C@@H]3C1. The van der Waals surface area contributed by atoms with Crippen LogP contribution in [0.1, 0.15) is 120 Å². The van der Waals surface area contributed by atoms with Crippen LogP contribution in [0.3, 0.4) is 0 Å². The van der Waals surface area contributed by atoms with Crippen LogP contribution in [0.25, 0.3) is 0 Å². The zero-order valence-electron chi connectivity index (χ0n) is 56.8. The number of hydrogen-bond donors (Lipinski definition) is 17. The molecule has 1 spiro atoms. The largest absolute Gasteiger partial charge is 0.465 e. The van der Waals surface area contributed by atoms with Crippen molar-refractivity contribution in [1.29, 1.82) is 0 Å². The Bertz CT molecular complexity index is 2740. The Morgan fingerprint density at radius 1 is 0.469 bits per heavy atom. The first-order valence-corrected chi connectivity index (χ1v) is 35.0. The molecular formula is C66H108O32. The standard InChI is InChI=1S/C66H108O32/c1-26-38(73)43(78)46(81)55(89-26)96-51-41(76)31(21-69)92-59(53(51)98-54-49(84)50(28(71)22-85-54)95-56-47(82)44(79)39(74)29(19-67)90-56)93-32-23-86-58(52(42(32)77)97-57-48(83)45(80)40(75)30(20-68)91-57)94-37-11-12-62(6)33(60(37,3)4)9-13-63(7)34(62)10-14-66-35-17-61(5,24-87-27(2)70)15-16-65(35,25-88-66)36(72)18-64(63,66)8/h26,28-59,67-69,71-84H,9-25H2,1-8H3/t26-,28+,29+,30+,31+,32-,33-,34+,35+,36+,37-,38-,39+,40+,41+,42-,43+,44-,45-,46+,47+,48+,49+,50-,51-,52+,53+,54-,55-,56-,57-,58-,59-,61-,62-,63+,64-,65+,66-/m0/s1. The predicted octanol–water partition coefficient (Wildman–Crippen LogP) is -4.85. The van der Waals surface area contributed by atoms with E-state index in [1.54, 1.807) is 0 Å². The van der Waals surface area contributed by atoms with Crippen LogP contribution < -0.4 is 0 Å². The van der Waals surface area contributed by atoms with Crippen molar-refractivity contribution in [2.24, 2.45) is 50.2 Å². The Kier molecular flexibility index (Phi) is 21.9. The van der Waals surface area contributed by atoms with E-state index in [9.17, 15) is 91.6 Å². The van der Waals surface area contributed by atoms with Crippen molar-refractivity contribution < 1.29 is 158 Å². The number of hydrogen-bond acceptors (Lipinski definition) is 32. The van der Waals surface area contributed by atoms with E-state index in [-0.39, 0.29) is 40.0 Å². The summed E-state index contributed by atoms with van der Waals surface area (Å²) >= 11 is 0. The smallest absolute Gasteiger partial charge is 0.302 e. The fourth-order valence-corrected chi connectivity index (χ4v) is 20.6. The van der Waals surface area contributed by atoms with E-state index in [0.717, 1.165) is 44.9 Å². The maximum Gasteiger partial charge on any atom is 0.302 e. The molecule has 12 aliphatic rings. The summed E-state index contributed by atoms with van der Waals surface area (Å²) in [5, 5.41) is 189. The predicted molar refractivity (Wildman–Crippen MR) is 325 cm³/mol. The monoisotopic (exact) mass is 1410 g/mol. The lowest BCUT2D eigenvalue weighted by molar-refractivity contribution is -0.407. The minimum Gasteiger partial charge on any atom is -0.465 e. The number of esters is 1. The van der Waals surface area contributed by atoms with E-state index in [2.05, 4.69) is 41.5 Å². The summed E-state index contributed by atoms with van der Waals surface area (Å²) in [6.45, 7) is 13.2. The fraction of sp³-hybridized carbons (Fsp3) is 0.985. The summed E-state index contributed by atoms with van der Waals surface area (Å²) in [7, 11) is 0. The fourth-order valence-electron chi connectivity index (χ4n) is 20.6. The summed E-state index contributed by atoms with van der Waals surface area (Å²) in [5.41, 5.74) is -2.83. The molecule has 12 fully saturated rings. The maximum atomic E-state index is 12.9. The van der Waals surface area contributed by atoms with E-state index in [0.29, 0.717) is 32.5 Å². The van der Waals surface area contributed by atoms with Gasteiger partial charge in [-0.25, -0.2) is 0 Å². The van der Waals surface area contributed by atoms with Gasteiger partial charge in [0.2, 0.25) is 0 Å². The van der Waals surface area contributed by atoms with Gasteiger partial charge in [0.15, 0.2) is 37.7 Å². The van der Waals surface area contributed by atoms with E-state index in [1.807, 2.05) is 0 Å². The van der Waals surface area contributed by atoms with E-state index >= 15 is 0 Å². The van der Waals surface area contributed by atoms with Crippen molar-refractivity contribution >= 4 is 5.97 Å². The molecule has 7 heterocycles.